The van der Waals surface area contributed by atoms with E-state index in [1.54, 1.807) is 12.1 Å². The molecule has 1 N–H and O–H groups in total. The molecule has 1 aromatic rings. The first-order chi connectivity index (χ1) is 7.25. The predicted octanol–water partition coefficient (Wildman–Crippen LogP) is 1.99. The molecule has 0 amide bonds. The van der Waals surface area contributed by atoms with Crippen molar-refractivity contribution in [1.29, 1.82) is 0 Å². The van der Waals surface area contributed by atoms with Crippen molar-refractivity contribution < 1.29 is 14.6 Å². The van der Waals surface area contributed by atoms with Gasteiger partial charge < -0.3 is 9.84 Å². The number of hydrogen-bond acceptors (Lipinski definition) is 3. The Hall–Kier alpha value is -1.51. The van der Waals surface area contributed by atoms with Gasteiger partial charge in [0.05, 0.1) is 0 Å². The van der Waals surface area contributed by atoms with E-state index in [1.165, 1.54) is 0 Å². The Morgan fingerprint density at radius 1 is 1.40 bits per heavy atom. The summed E-state index contributed by atoms with van der Waals surface area (Å²) in [6.07, 6.45) is 1.85. The molecule has 1 aromatic carbocycles. The van der Waals surface area contributed by atoms with Gasteiger partial charge in [-0.1, -0.05) is 6.07 Å². The highest BCUT2D eigenvalue weighted by atomic mass is 16.5. The first-order valence-electron chi connectivity index (χ1n) is 5.26. The van der Waals surface area contributed by atoms with E-state index in [-0.39, 0.29) is 17.8 Å². The Kier molecular flexibility index (Phi) is 1.75. The molecule has 0 aromatic heterocycles. The van der Waals surface area contributed by atoms with Crippen molar-refractivity contribution in [3.63, 3.8) is 0 Å². The Morgan fingerprint density at radius 3 is 3.13 bits per heavy atom. The van der Waals surface area contributed by atoms with Crippen molar-refractivity contribution in [2.24, 2.45) is 0 Å². The second-order valence-electron chi connectivity index (χ2n) is 4.23. The van der Waals surface area contributed by atoms with Crippen molar-refractivity contribution in [2.75, 3.05) is 0 Å². The summed E-state index contributed by atoms with van der Waals surface area (Å²) in [6, 6.07) is 5.31. The number of aromatic hydroxyl groups is 1. The van der Waals surface area contributed by atoms with Crippen LogP contribution in [-0.4, -0.2) is 17.0 Å². The van der Waals surface area contributed by atoms with E-state index in [1.807, 2.05) is 6.07 Å². The maximum Gasteiger partial charge on any atom is 0.136 e. The number of ketones is 1. The molecule has 3 nitrogen and oxygen atoms in total. The smallest absolute Gasteiger partial charge is 0.136 e. The monoisotopic (exact) mass is 204 g/mol. The fourth-order valence-corrected chi connectivity index (χ4v) is 2.60. The number of phenolic OH excluding ortho intramolecular Hbond substituents is 1. The molecule has 1 heterocycles. The highest BCUT2D eigenvalue weighted by molar-refractivity contribution is 5.80. The van der Waals surface area contributed by atoms with E-state index in [9.17, 15) is 9.90 Å². The van der Waals surface area contributed by atoms with Crippen LogP contribution in [0.2, 0.25) is 0 Å². The summed E-state index contributed by atoms with van der Waals surface area (Å²) in [5.41, 5.74) is 0.898. The van der Waals surface area contributed by atoms with Crippen LogP contribution in [0, 0.1) is 0 Å². The van der Waals surface area contributed by atoms with E-state index in [0.29, 0.717) is 18.6 Å². The summed E-state index contributed by atoms with van der Waals surface area (Å²) in [4.78, 5) is 11.3. The van der Waals surface area contributed by atoms with Gasteiger partial charge in [-0.3, -0.25) is 4.79 Å². The van der Waals surface area contributed by atoms with E-state index in [4.69, 9.17) is 4.74 Å². The standard InChI is InChI=1S/C12H12O3/c13-7-4-5-8-11(6-7)15-10-3-1-2-9(14)12(8)10/h1-3,8,11,14H,4-6H2/t8-,11+/m1/s1. The van der Waals surface area contributed by atoms with Gasteiger partial charge in [0.1, 0.15) is 23.4 Å². The maximum atomic E-state index is 11.3. The van der Waals surface area contributed by atoms with E-state index < -0.39 is 0 Å². The van der Waals surface area contributed by atoms with Crippen LogP contribution >= 0.6 is 0 Å². The number of ether oxygens (including phenoxy) is 1. The Bertz CT molecular complexity index is 425. The van der Waals surface area contributed by atoms with E-state index >= 15 is 0 Å². The topological polar surface area (TPSA) is 46.5 Å². The van der Waals surface area contributed by atoms with Crippen molar-refractivity contribution in [3.05, 3.63) is 23.8 Å². The average Bonchev–Trinajstić information content (AvgIpc) is 2.56. The lowest BCUT2D eigenvalue weighted by molar-refractivity contribution is -0.122. The third kappa shape index (κ3) is 1.23. The van der Waals surface area contributed by atoms with Gasteiger partial charge in [-0.2, -0.15) is 0 Å². The molecule has 0 unspecified atom stereocenters. The lowest BCUT2D eigenvalue weighted by Gasteiger charge is -2.23. The molecule has 0 spiro atoms. The molecule has 1 saturated carbocycles. The second-order valence-corrected chi connectivity index (χ2v) is 4.23. The van der Waals surface area contributed by atoms with Crippen LogP contribution in [0.5, 0.6) is 11.5 Å². The van der Waals surface area contributed by atoms with E-state index in [2.05, 4.69) is 0 Å². The van der Waals surface area contributed by atoms with Crippen molar-refractivity contribution in [1.82, 2.24) is 0 Å². The highest BCUT2D eigenvalue weighted by Crippen LogP contribution is 2.48. The normalized spacial score (nSPS) is 28.1. The molecule has 0 saturated heterocycles. The van der Waals surface area contributed by atoms with Crippen molar-refractivity contribution in [3.8, 4) is 11.5 Å². The Balaban J connectivity index is 2.03. The molecular formula is C12H12O3. The first kappa shape index (κ1) is 8.77. The number of Topliss-reactive ketones (excluding diaryl/α,β-unsaturated/α-hetero) is 1. The minimum absolute atomic E-state index is 0.0467. The van der Waals surface area contributed by atoms with Crippen LogP contribution in [0.15, 0.2) is 18.2 Å². The molecule has 15 heavy (non-hydrogen) atoms. The van der Waals surface area contributed by atoms with Gasteiger partial charge in [0, 0.05) is 24.3 Å². The van der Waals surface area contributed by atoms with Gasteiger partial charge in [-0.05, 0) is 18.6 Å². The van der Waals surface area contributed by atoms with Gasteiger partial charge in [0.15, 0.2) is 0 Å². The number of carbonyl (C=O) groups is 1. The van der Waals surface area contributed by atoms with Gasteiger partial charge >= 0.3 is 0 Å². The van der Waals surface area contributed by atoms with Crippen LogP contribution in [0.1, 0.15) is 30.7 Å². The maximum absolute atomic E-state index is 11.3. The Labute approximate surface area is 87.7 Å². The fourth-order valence-electron chi connectivity index (χ4n) is 2.60. The average molecular weight is 204 g/mol. The molecule has 1 fully saturated rings. The van der Waals surface area contributed by atoms with Crippen LogP contribution in [0.25, 0.3) is 0 Å². The summed E-state index contributed by atoms with van der Waals surface area (Å²) < 4.78 is 5.68. The molecule has 1 aliphatic carbocycles. The highest BCUT2D eigenvalue weighted by Gasteiger charge is 2.40. The van der Waals surface area contributed by atoms with Gasteiger partial charge in [0.25, 0.3) is 0 Å². The zero-order valence-corrected chi connectivity index (χ0v) is 8.27. The lowest BCUT2D eigenvalue weighted by Crippen LogP contribution is -2.27. The van der Waals surface area contributed by atoms with Gasteiger partial charge in [-0.25, -0.2) is 0 Å². The summed E-state index contributed by atoms with van der Waals surface area (Å²) in [5, 5.41) is 9.77. The van der Waals surface area contributed by atoms with Crippen molar-refractivity contribution >= 4 is 5.78 Å². The van der Waals surface area contributed by atoms with Gasteiger partial charge in [0.2, 0.25) is 0 Å². The molecule has 2 atom stereocenters. The third-order valence-corrected chi connectivity index (χ3v) is 3.30. The minimum Gasteiger partial charge on any atom is -0.508 e. The first-order valence-corrected chi connectivity index (χ1v) is 5.26. The van der Waals surface area contributed by atoms with Crippen LogP contribution in [0.4, 0.5) is 0 Å². The zero-order chi connectivity index (χ0) is 10.4. The van der Waals surface area contributed by atoms with Crippen LogP contribution in [-0.2, 0) is 4.79 Å². The predicted molar refractivity (Wildman–Crippen MR) is 54.1 cm³/mol. The zero-order valence-electron chi connectivity index (χ0n) is 8.27. The number of benzene rings is 1. The Morgan fingerprint density at radius 2 is 2.27 bits per heavy atom. The lowest BCUT2D eigenvalue weighted by atomic mass is 9.82. The molecule has 0 radical (unpaired) electrons. The van der Waals surface area contributed by atoms with Crippen LogP contribution in [0.3, 0.4) is 0 Å². The molecule has 2 aliphatic rings. The molecular weight excluding hydrogens is 192 g/mol. The van der Waals surface area contributed by atoms with Gasteiger partial charge in [-0.15, -0.1) is 0 Å². The summed E-state index contributed by atoms with van der Waals surface area (Å²) in [6.45, 7) is 0. The number of hydrogen-bond donors (Lipinski definition) is 1. The summed E-state index contributed by atoms with van der Waals surface area (Å²) in [5.74, 6) is 1.52. The SMILES string of the molecule is O=C1CC[C@H]2c3c(O)cccc3O[C@H]2C1. The van der Waals surface area contributed by atoms with E-state index in [0.717, 1.165) is 17.7 Å². The second kappa shape index (κ2) is 2.99. The van der Waals surface area contributed by atoms with Crippen LogP contribution < -0.4 is 4.74 Å². The molecule has 3 heteroatoms. The molecule has 0 bridgehead atoms. The number of rotatable bonds is 0. The third-order valence-electron chi connectivity index (χ3n) is 3.30. The molecule has 1 aliphatic heterocycles. The number of carbonyl (C=O) groups excluding carboxylic acids is 1. The summed E-state index contributed by atoms with van der Waals surface area (Å²) in [7, 11) is 0. The van der Waals surface area contributed by atoms with Crippen molar-refractivity contribution in [2.45, 2.75) is 31.3 Å². The number of phenols is 1. The quantitative estimate of drug-likeness (QED) is 0.703. The molecule has 78 valence electrons. The number of fused-ring (bicyclic) bond motifs is 3. The molecule has 3 rings (SSSR count). The minimum atomic E-state index is -0.0467. The fraction of sp³-hybridized carbons (Fsp3) is 0.417. The summed E-state index contributed by atoms with van der Waals surface area (Å²) >= 11 is 0. The largest absolute Gasteiger partial charge is 0.508 e.